The number of benzene rings is 1. The Bertz CT molecular complexity index is 615. The molecule has 1 N–H and O–H groups in total. The summed E-state index contributed by atoms with van der Waals surface area (Å²) in [4.78, 5) is 9.40. The van der Waals surface area contributed by atoms with Crippen molar-refractivity contribution in [3.63, 3.8) is 0 Å². The summed E-state index contributed by atoms with van der Waals surface area (Å²) in [6.07, 6.45) is 0.852. The van der Waals surface area contributed by atoms with E-state index in [1.807, 2.05) is 7.05 Å². The number of anilines is 1. The highest BCUT2D eigenvalue weighted by atomic mass is 16.5. The van der Waals surface area contributed by atoms with Crippen molar-refractivity contribution >= 4 is 5.82 Å². The molecule has 2 heterocycles. The lowest BCUT2D eigenvalue weighted by Gasteiger charge is -2.19. The molecule has 0 spiro atoms. The van der Waals surface area contributed by atoms with E-state index in [4.69, 9.17) is 9.72 Å². The maximum absolute atomic E-state index is 5.50. The largest absolute Gasteiger partial charge is 0.376 e. The van der Waals surface area contributed by atoms with Crippen LogP contribution in [-0.4, -0.2) is 23.6 Å². The maximum Gasteiger partial charge on any atom is 0.161 e. The minimum atomic E-state index is 0.596. The van der Waals surface area contributed by atoms with Crippen LogP contribution in [0.15, 0.2) is 18.2 Å². The zero-order valence-electron chi connectivity index (χ0n) is 12.2. The Balaban J connectivity index is 2.14. The second-order valence-corrected chi connectivity index (χ2v) is 5.25. The lowest BCUT2D eigenvalue weighted by molar-refractivity contribution is 0.109. The van der Waals surface area contributed by atoms with E-state index < -0.39 is 0 Å². The van der Waals surface area contributed by atoms with Crippen LogP contribution < -0.4 is 5.32 Å². The number of aryl methyl sites for hydroxylation is 2. The first kappa shape index (κ1) is 13.1. The molecule has 20 heavy (non-hydrogen) atoms. The van der Waals surface area contributed by atoms with Crippen LogP contribution in [0.1, 0.15) is 22.4 Å². The van der Waals surface area contributed by atoms with Crippen LogP contribution >= 0.6 is 0 Å². The lowest BCUT2D eigenvalue weighted by atomic mass is 10.1. The summed E-state index contributed by atoms with van der Waals surface area (Å²) in [7, 11) is 1.89. The Morgan fingerprint density at radius 3 is 2.55 bits per heavy atom. The van der Waals surface area contributed by atoms with E-state index in [9.17, 15) is 0 Å². The van der Waals surface area contributed by atoms with Gasteiger partial charge in [0.15, 0.2) is 5.82 Å². The van der Waals surface area contributed by atoms with E-state index >= 15 is 0 Å². The zero-order chi connectivity index (χ0) is 14.1. The Labute approximate surface area is 119 Å². The van der Waals surface area contributed by atoms with E-state index in [2.05, 4.69) is 42.3 Å². The van der Waals surface area contributed by atoms with Gasteiger partial charge in [-0.2, -0.15) is 0 Å². The smallest absolute Gasteiger partial charge is 0.161 e. The van der Waals surface area contributed by atoms with Crippen LogP contribution in [0.25, 0.3) is 11.4 Å². The Hall–Kier alpha value is -1.94. The van der Waals surface area contributed by atoms with Gasteiger partial charge in [-0.15, -0.1) is 0 Å². The Kier molecular flexibility index (Phi) is 3.40. The van der Waals surface area contributed by atoms with Gasteiger partial charge in [-0.3, -0.25) is 0 Å². The first-order valence-electron chi connectivity index (χ1n) is 6.91. The molecule has 0 saturated heterocycles. The van der Waals surface area contributed by atoms with Crippen LogP contribution in [0.4, 0.5) is 5.82 Å². The molecule has 0 aliphatic carbocycles. The SMILES string of the molecule is CNc1nc(-c2cc(C)cc(C)c2)nc2c1COCC2. The molecule has 0 amide bonds. The first-order chi connectivity index (χ1) is 9.67. The third kappa shape index (κ3) is 2.39. The molecule has 0 saturated carbocycles. The lowest BCUT2D eigenvalue weighted by Crippen LogP contribution is -2.16. The molecule has 0 fully saturated rings. The molecule has 1 aliphatic heterocycles. The molecule has 2 aromatic rings. The van der Waals surface area contributed by atoms with Crippen molar-refractivity contribution < 1.29 is 4.74 Å². The molecular weight excluding hydrogens is 250 g/mol. The minimum Gasteiger partial charge on any atom is -0.376 e. The predicted octanol–water partition coefficient (Wildman–Crippen LogP) is 2.87. The molecule has 0 bridgehead atoms. The number of hydrogen-bond acceptors (Lipinski definition) is 4. The van der Waals surface area contributed by atoms with Crippen molar-refractivity contribution in [3.05, 3.63) is 40.6 Å². The number of nitrogens with one attached hydrogen (secondary N) is 1. The quantitative estimate of drug-likeness (QED) is 0.910. The van der Waals surface area contributed by atoms with Gasteiger partial charge in [0, 0.05) is 24.6 Å². The minimum absolute atomic E-state index is 0.596. The number of fused-ring (bicyclic) bond motifs is 1. The molecule has 3 rings (SSSR count). The van der Waals surface area contributed by atoms with Crippen LogP contribution in [0, 0.1) is 13.8 Å². The van der Waals surface area contributed by atoms with E-state index in [0.29, 0.717) is 6.61 Å². The van der Waals surface area contributed by atoms with Crippen molar-refractivity contribution in [3.8, 4) is 11.4 Å². The molecule has 1 aromatic carbocycles. The number of aromatic nitrogens is 2. The van der Waals surface area contributed by atoms with E-state index in [-0.39, 0.29) is 0 Å². The average Bonchev–Trinajstić information content (AvgIpc) is 2.45. The summed E-state index contributed by atoms with van der Waals surface area (Å²) in [5, 5.41) is 3.16. The fraction of sp³-hybridized carbons (Fsp3) is 0.375. The van der Waals surface area contributed by atoms with Gasteiger partial charge in [0.2, 0.25) is 0 Å². The molecule has 0 unspecified atom stereocenters. The zero-order valence-corrected chi connectivity index (χ0v) is 12.2. The van der Waals surface area contributed by atoms with Gasteiger partial charge in [-0.25, -0.2) is 9.97 Å². The van der Waals surface area contributed by atoms with Gasteiger partial charge in [-0.05, 0) is 26.0 Å². The molecule has 104 valence electrons. The van der Waals surface area contributed by atoms with Crippen LogP contribution in [0.2, 0.25) is 0 Å². The van der Waals surface area contributed by atoms with Crippen LogP contribution in [0.5, 0.6) is 0 Å². The van der Waals surface area contributed by atoms with Crippen LogP contribution in [-0.2, 0) is 17.8 Å². The van der Waals surface area contributed by atoms with Crippen molar-refractivity contribution in [1.82, 2.24) is 9.97 Å². The maximum atomic E-state index is 5.50. The summed E-state index contributed by atoms with van der Waals surface area (Å²) in [5.74, 6) is 1.67. The average molecular weight is 269 g/mol. The standard InChI is InChI=1S/C16H19N3O/c1-10-6-11(2)8-12(7-10)15-18-14-4-5-20-9-13(14)16(17-3)19-15/h6-8H,4-5,9H2,1-3H3,(H,17,18,19). The van der Waals surface area contributed by atoms with Gasteiger partial charge in [0.25, 0.3) is 0 Å². The second-order valence-electron chi connectivity index (χ2n) is 5.25. The summed E-state index contributed by atoms with van der Waals surface area (Å²) in [5.41, 5.74) is 5.73. The number of hydrogen-bond donors (Lipinski definition) is 1. The summed E-state index contributed by atoms with van der Waals surface area (Å²) in [6, 6.07) is 6.43. The van der Waals surface area contributed by atoms with Gasteiger partial charge in [0.1, 0.15) is 5.82 Å². The molecule has 4 heteroatoms. The van der Waals surface area contributed by atoms with Crippen LogP contribution in [0.3, 0.4) is 0 Å². The molecule has 4 nitrogen and oxygen atoms in total. The van der Waals surface area contributed by atoms with Crippen molar-refractivity contribution in [2.45, 2.75) is 26.9 Å². The van der Waals surface area contributed by atoms with Gasteiger partial charge >= 0.3 is 0 Å². The topological polar surface area (TPSA) is 47.0 Å². The van der Waals surface area contributed by atoms with Gasteiger partial charge in [0.05, 0.1) is 18.9 Å². The Morgan fingerprint density at radius 2 is 1.85 bits per heavy atom. The normalized spacial score (nSPS) is 13.9. The Morgan fingerprint density at radius 1 is 1.10 bits per heavy atom. The number of rotatable bonds is 2. The van der Waals surface area contributed by atoms with E-state index in [1.54, 1.807) is 0 Å². The highest BCUT2D eigenvalue weighted by Crippen LogP contribution is 2.26. The third-order valence-corrected chi connectivity index (χ3v) is 3.54. The third-order valence-electron chi connectivity index (χ3n) is 3.54. The number of nitrogens with zero attached hydrogens (tertiary/aromatic N) is 2. The summed E-state index contributed by atoms with van der Waals surface area (Å²) >= 11 is 0. The van der Waals surface area contributed by atoms with Crippen molar-refractivity contribution in [2.75, 3.05) is 19.0 Å². The van der Waals surface area contributed by atoms with Gasteiger partial charge in [-0.1, -0.05) is 17.2 Å². The highest BCUT2D eigenvalue weighted by molar-refractivity contribution is 5.61. The summed E-state index contributed by atoms with van der Waals surface area (Å²) < 4.78 is 5.50. The number of ether oxygens (including phenoxy) is 1. The fourth-order valence-corrected chi connectivity index (χ4v) is 2.67. The summed E-state index contributed by atoms with van der Waals surface area (Å²) in [6.45, 7) is 5.53. The van der Waals surface area contributed by atoms with E-state index in [1.165, 1.54) is 11.1 Å². The van der Waals surface area contributed by atoms with E-state index in [0.717, 1.165) is 41.5 Å². The predicted molar refractivity (Wildman–Crippen MR) is 79.8 cm³/mol. The highest BCUT2D eigenvalue weighted by Gasteiger charge is 2.18. The fourth-order valence-electron chi connectivity index (χ4n) is 2.67. The molecule has 1 aliphatic rings. The molecule has 1 aromatic heterocycles. The first-order valence-corrected chi connectivity index (χ1v) is 6.91. The molecule has 0 radical (unpaired) electrons. The molecular formula is C16H19N3O. The van der Waals surface area contributed by atoms with Gasteiger partial charge < -0.3 is 10.1 Å². The second kappa shape index (κ2) is 5.21. The van der Waals surface area contributed by atoms with Crippen molar-refractivity contribution in [2.24, 2.45) is 0 Å². The molecule has 0 atom stereocenters. The van der Waals surface area contributed by atoms with Crippen molar-refractivity contribution in [1.29, 1.82) is 0 Å². The monoisotopic (exact) mass is 269 g/mol.